The molecule has 3 heterocycles. The third kappa shape index (κ3) is 3.74. The normalized spacial score (nSPS) is 11.1. The SMILES string of the molecule is Cc1nc(Cc2nnc(SCc3nnnn3-c3ccccc3)o2)cs1. The van der Waals surface area contributed by atoms with Crippen LogP contribution in [0.25, 0.3) is 5.69 Å². The highest BCUT2D eigenvalue weighted by atomic mass is 32.2. The van der Waals surface area contributed by atoms with Crippen LogP contribution >= 0.6 is 23.1 Å². The molecular weight excluding hydrogens is 358 g/mol. The Kier molecular flexibility index (Phi) is 4.53. The van der Waals surface area contributed by atoms with E-state index in [0.29, 0.717) is 29.1 Å². The van der Waals surface area contributed by atoms with Crippen LogP contribution in [0.15, 0.2) is 45.4 Å². The summed E-state index contributed by atoms with van der Waals surface area (Å²) >= 11 is 3.01. The zero-order valence-corrected chi connectivity index (χ0v) is 14.9. The monoisotopic (exact) mass is 371 g/mol. The summed E-state index contributed by atoms with van der Waals surface area (Å²) in [6.45, 7) is 1.97. The van der Waals surface area contributed by atoms with Gasteiger partial charge in [0.1, 0.15) is 0 Å². The van der Waals surface area contributed by atoms with Crippen molar-refractivity contribution in [1.29, 1.82) is 0 Å². The lowest BCUT2D eigenvalue weighted by Crippen LogP contribution is -2.01. The Morgan fingerprint density at radius 3 is 2.84 bits per heavy atom. The van der Waals surface area contributed by atoms with E-state index in [1.165, 1.54) is 11.8 Å². The molecule has 0 aliphatic rings. The number of nitrogens with zero attached hydrogens (tertiary/aromatic N) is 7. The number of hydrogen-bond donors (Lipinski definition) is 0. The summed E-state index contributed by atoms with van der Waals surface area (Å²) in [5.74, 6) is 1.79. The number of benzene rings is 1. The summed E-state index contributed by atoms with van der Waals surface area (Å²) in [6.07, 6.45) is 0.541. The third-order valence-corrected chi connectivity index (χ3v) is 4.94. The van der Waals surface area contributed by atoms with Crippen LogP contribution in [0.1, 0.15) is 22.4 Å². The molecule has 0 aliphatic heterocycles. The quantitative estimate of drug-likeness (QED) is 0.477. The molecule has 0 aliphatic carbocycles. The van der Waals surface area contributed by atoms with Crippen LogP contribution in [-0.4, -0.2) is 35.4 Å². The fourth-order valence-electron chi connectivity index (χ4n) is 2.20. The van der Waals surface area contributed by atoms with E-state index in [4.69, 9.17) is 4.42 Å². The number of aromatic nitrogens is 7. The minimum atomic E-state index is 0.490. The van der Waals surface area contributed by atoms with Gasteiger partial charge in [-0.15, -0.1) is 26.6 Å². The van der Waals surface area contributed by atoms with Crippen molar-refractivity contribution in [2.24, 2.45) is 0 Å². The molecule has 0 spiro atoms. The Balaban J connectivity index is 1.42. The highest BCUT2D eigenvalue weighted by molar-refractivity contribution is 7.98. The lowest BCUT2D eigenvalue weighted by Gasteiger charge is -2.02. The molecule has 126 valence electrons. The molecule has 0 radical (unpaired) electrons. The van der Waals surface area contributed by atoms with Crippen molar-refractivity contribution in [1.82, 2.24) is 35.4 Å². The van der Waals surface area contributed by atoms with Gasteiger partial charge >= 0.3 is 0 Å². The van der Waals surface area contributed by atoms with Gasteiger partial charge in [-0.1, -0.05) is 30.0 Å². The van der Waals surface area contributed by atoms with Crippen molar-refractivity contribution in [3.8, 4) is 5.69 Å². The van der Waals surface area contributed by atoms with Gasteiger partial charge in [-0.3, -0.25) is 0 Å². The van der Waals surface area contributed by atoms with Gasteiger partial charge in [0.05, 0.1) is 28.6 Å². The minimum absolute atomic E-state index is 0.490. The topological polar surface area (TPSA) is 95.4 Å². The largest absolute Gasteiger partial charge is 0.416 e. The molecular formula is C15H13N7OS2. The van der Waals surface area contributed by atoms with E-state index in [-0.39, 0.29) is 0 Å². The van der Waals surface area contributed by atoms with Crippen molar-refractivity contribution in [3.05, 3.63) is 58.1 Å². The molecule has 0 amide bonds. The van der Waals surface area contributed by atoms with Crippen molar-refractivity contribution in [3.63, 3.8) is 0 Å². The highest BCUT2D eigenvalue weighted by Gasteiger charge is 2.13. The molecule has 3 aromatic heterocycles. The molecule has 4 rings (SSSR count). The van der Waals surface area contributed by atoms with E-state index in [1.807, 2.05) is 42.6 Å². The van der Waals surface area contributed by atoms with Gasteiger partial charge in [-0.2, -0.15) is 4.68 Å². The third-order valence-electron chi connectivity index (χ3n) is 3.31. The smallest absolute Gasteiger partial charge is 0.277 e. The predicted octanol–water partition coefficient (Wildman–Crippen LogP) is 2.69. The van der Waals surface area contributed by atoms with Crippen molar-refractivity contribution in [2.45, 2.75) is 24.3 Å². The van der Waals surface area contributed by atoms with Crippen LogP contribution in [0.3, 0.4) is 0 Å². The first-order chi connectivity index (χ1) is 12.3. The van der Waals surface area contributed by atoms with E-state index in [0.717, 1.165) is 16.4 Å². The molecule has 10 heteroatoms. The zero-order valence-electron chi connectivity index (χ0n) is 13.2. The van der Waals surface area contributed by atoms with E-state index < -0.39 is 0 Å². The maximum absolute atomic E-state index is 5.67. The summed E-state index contributed by atoms with van der Waals surface area (Å²) in [4.78, 5) is 4.40. The Morgan fingerprint density at radius 2 is 2.04 bits per heavy atom. The summed E-state index contributed by atoms with van der Waals surface area (Å²) in [7, 11) is 0. The van der Waals surface area contributed by atoms with E-state index in [2.05, 4.69) is 30.7 Å². The second-order valence-corrected chi connectivity index (χ2v) is 7.12. The van der Waals surface area contributed by atoms with Gasteiger partial charge in [0.25, 0.3) is 5.22 Å². The number of thioether (sulfide) groups is 1. The highest BCUT2D eigenvalue weighted by Crippen LogP contribution is 2.22. The molecule has 4 aromatic rings. The van der Waals surface area contributed by atoms with Crippen LogP contribution in [-0.2, 0) is 12.2 Å². The number of tetrazole rings is 1. The zero-order chi connectivity index (χ0) is 17.1. The fraction of sp³-hybridized carbons (Fsp3) is 0.200. The molecule has 0 unspecified atom stereocenters. The minimum Gasteiger partial charge on any atom is -0.416 e. The van der Waals surface area contributed by atoms with Gasteiger partial charge in [0, 0.05) is 5.38 Å². The molecule has 0 saturated heterocycles. The number of aryl methyl sites for hydroxylation is 1. The van der Waals surface area contributed by atoms with Crippen LogP contribution in [0.5, 0.6) is 0 Å². The molecule has 0 atom stereocenters. The molecule has 0 fully saturated rings. The first kappa shape index (κ1) is 15.9. The average Bonchev–Trinajstić information content (AvgIpc) is 3.36. The van der Waals surface area contributed by atoms with Crippen LogP contribution in [0, 0.1) is 6.92 Å². The Morgan fingerprint density at radius 1 is 1.16 bits per heavy atom. The summed E-state index contributed by atoms with van der Waals surface area (Å²) in [5.41, 5.74) is 1.85. The number of para-hydroxylation sites is 1. The van der Waals surface area contributed by atoms with Gasteiger partial charge in [0.15, 0.2) is 5.82 Å². The molecule has 0 bridgehead atoms. The molecule has 0 N–H and O–H groups in total. The van der Waals surface area contributed by atoms with Gasteiger partial charge in [0.2, 0.25) is 5.89 Å². The average molecular weight is 371 g/mol. The Bertz CT molecular complexity index is 963. The second-order valence-electron chi connectivity index (χ2n) is 5.13. The molecule has 8 nitrogen and oxygen atoms in total. The van der Waals surface area contributed by atoms with Crippen LogP contribution in [0.4, 0.5) is 0 Å². The van der Waals surface area contributed by atoms with Crippen molar-refractivity contribution < 1.29 is 4.42 Å². The van der Waals surface area contributed by atoms with Gasteiger partial charge in [-0.05, 0) is 29.5 Å². The lowest BCUT2D eigenvalue weighted by molar-refractivity contribution is 0.419. The number of hydrogen-bond acceptors (Lipinski definition) is 9. The predicted molar refractivity (Wildman–Crippen MR) is 92.7 cm³/mol. The summed E-state index contributed by atoms with van der Waals surface area (Å²) in [5, 5.41) is 23.5. The first-order valence-electron chi connectivity index (χ1n) is 7.47. The van der Waals surface area contributed by atoms with Crippen molar-refractivity contribution in [2.75, 3.05) is 0 Å². The Hall–Kier alpha value is -2.59. The maximum Gasteiger partial charge on any atom is 0.277 e. The molecule has 0 saturated carbocycles. The standard InChI is InChI=1S/C15H13N7OS2/c1-10-16-11(8-24-10)7-14-18-19-15(23-14)25-9-13-17-20-21-22(13)12-5-3-2-4-6-12/h2-6,8H,7,9H2,1H3. The maximum atomic E-state index is 5.67. The fourth-order valence-corrected chi connectivity index (χ4v) is 3.50. The van der Waals surface area contributed by atoms with Gasteiger partial charge in [-0.25, -0.2) is 4.98 Å². The van der Waals surface area contributed by atoms with Gasteiger partial charge < -0.3 is 4.42 Å². The lowest BCUT2D eigenvalue weighted by atomic mass is 10.3. The summed E-state index contributed by atoms with van der Waals surface area (Å²) < 4.78 is 7.36. The first-order valence-corrected chi connectivity index (χ1v) is 9.33. The van der Waals surface area contributed by atoms with Crippen LogP contribution in [0.2, 0.25) is 0 Å². The van der Waals surface area contributed by atoms with Crippen molar-refractivity contribution >= 4 is 23.1 Å². The number of rotatable bonds is 6. The van der Waals surface area contributed by atoms with Crippen LogP contribution < -0.4 is 0 Å². The Labute approximate surface area is 151 Å². The molecule has 25 heavy (non-hydrogen) atoms. The van der Waals surface area contributed by atoms with E-state index in [1.54, 1.807) is 16.0 Å². The summed E-state index contributed by atoms with van der Waals surface area (Å²) in [6, 6.07) is 9.74. The number of thiazole rings is 1. The second kappa shape index (κ2) is 7.11. The molecule has 1 aromatic carbocycles. The van der Waals surface area contributed by atoms with E-state index in [9.17, 15) is 0 Å². The van der Waals surface area contributed by atoms with E-state index >= 15 is 0 Å².